The number of epoxide rings is 1. The van der Waals surface area contributed by atoms with Crippen molar-refractivity contribution in [2.75, 3.05) is 12.4 Å². The van der Waals surface area contributed by atoms with Crippen molar-refractivity contribution in [3.63, 3.8) is 0 Å². The average molecular weight is 210 g/mol. The minimum atomic E-state index is -0.896. The number of ether oxygens (including phenoxy) is 1. The number of rotatable bonds is 3. The van der Waals surface area contributed by atoms with Gasteiger partial charge < -0.3 is 4.74 Å². The van der Waals surface area contributed by atoms with Crippen LogP contribution in [-0.2, 0) is 15.5 Å². The van der Waals surface area contributed by atoms with Crippen molar-refractivity contribution < 1.29 is 8.95 Å². The Morgan fingerprint density at radius 3 is 2.79 bits per heavy atom. The summed E-state index contributed by atoms with van der Waals surface area (Å²) in [6.07, 6.45) is 0.233. The van der Waals surface area contributed by atoms with E-state index in [0.717, 1.165) is 17.1 Å². The third kappa shape index (κ3) is 2.22. The van der Waals surface area contributed by atoms with Gasteiger partial charge in [0.2, 0.25) is 0 Å². The molecule has 1 aromatic carbocycles. The molecule has 1 aliphatic rings. The van der Waals surface area contributed by atoms with E-state index in [1.165, 1.54) is 5.56 Å². The Hall–Kier alpha value is -0.670. The van der Waals surface area contributed by atoms with Gasteiger partial charge in [0.1, 0.15) is 0 Å². The second-order valence-electron chi connectivity index (χ2n) is 3.74. The van der Waals surface area contributed by atoms with Crippen molar-refractivity contribution in [2.24, 2.45) is 0 Å². The molecule has 3 heteroatoms. The summed E-state index contributed by atoms with van der Waals surface area (Å²) in [4.78, 5) is 0.950. The summed E-state index contributed by atoms with van der Waals surface area (Å²) in [5, 5.41) is 0. The summed E-state index contributed by atoms with van der Waals surface area (Å²) in [5.74, 6) is 0.643. The van der Waals surface area contributed by atoms with E-state index in [1.54, 1.807) is 0 Å². The van der Waals surface area contributed by atoms with E-state index < -0.39 is 10.8 Å². The molecule has 0 aromatic heterocycles. The van der Waals surface area contributed by atoms with Crippen LogP contribution in [0, 0.1) is 13.8 Å². The summed E-state index contributed by atoms with van der Waals surface area (Å²) in [5.41, 5.74) is 2.33. The minimum Gasteiger partial charge on any atom is -0.372 e. The predicted molar refractivity (Wildman–Crippen MR) is 56.9 cm³/mol. The Morgan fingerprint density at radius 2 is 2.21 bits per heavy atom. The van der Waals surface area contributed by atoms with Gasteiger partial charge in [-0.25, -0.2) is 0 Å². The molecular weight excluding hydrogens is 196 g/mol. The summed E-state index contributed by atoms with van der Waals surface area (Å²) in [6, 6.07) is 6.04. The molecular formula is C11H14O2S. The lowest BCUT2D eigenvalue weighted by molar-refractivity contribution is 0.424. The van der Waals surface area contributed by atoms with E-state index >= 15 is 0 Å². The van der Waals surface area contributed by atoms with E-state index in [0.29, 0.717) is 5.75 Å². The fourth-order valence-electron chi connectivity index (χ4n) is 1.48. The van der Waals surface area contributed by atoms with E-state index in [9.17, 15) is 4.21 Å². The highest BCUT2D eigenvalue weighted by Crippen LogP contribution is 2.19. The molecule has 2 nitrogen and oxygen atoms in total. The summed E-state index contributed by atoms with van der Waals surface area (Å²) in [7, 11) is -0.896. The van der Waals surface area contributed by atoms with Crippen LogP contribution in [0.15, 0.2) is 23.1 Å². The maximum atomic E-state index is 11.9. The second kappa shape index (κ2) is 3.83. The van der Waals surface area contributed by atoms with E-state index in [1.807, 2.05) is 26.0 Å². The molecule has 2 rings (SSSR count). The largest absolute Gasteiger partial charge is 0.372 e. The molecule has 76 valence electrons. The summed E-state index contributed by atoms with van der Waals surface area (Å²) >= 11 is 0. The van der Waals surface area contributed by atoms with Crippen LogP contribution in [0.25, 0.3) is 0 Å². The fourth-order valence-corrected chi connectivity index (χ4v) is 2.83. The van der Waals surface area contributed by atoms with Gasteiger partial charge in [0.05, 0.1) is 29.3 Å². The van der Waals surface area contributed by atoms with Crippen LogP contribution in [0.2, 0.25) is 0 Å². The Kier molecular flexibility index (Phi) is 2.70. The van der Waals surface area contributed by atoms with Crippen LogP contribution >= 0.6 is 0 Å². The molecule has 1 fully saturated rings. The van der Waals surface area contributed by atoms with Crippen LogP contribution in [0.4, 0.5) is 0 Å². The van der Waals surface area contributed by atoms with Gasteiger partial charge in [-0.1, -0.05) is 17.7 Å². The molecule has 0 aliphatic carbocycles. The van der Waals surface area contributed by atoms with Crippen molar-refractivity contribution in [1.82, 2.24) is 0 Å². The molecule has 0 amide bonds. The lowest BCUT2D eigenvalue weighted by atomic mass is 10.2. The van der Waals surface area contributed by atoms with Gasteiger partial charge >= 0.3 is 0 Å². The SMILES string of the molecule is Cc1ccc(S(=O)C[C@@H]2CO2)c(C)c1. The number of hydrogen-bond donors (Lipinski definition) is 0. The third-order valence-electron chi connectivity index (χ3n) is 2.32. The van der Waals surface area contributed by atoms with Crippen LogP contribution in [0.3, 0.4) is 0 Å². The molecule has 0 spiro atoms. The average Bonchev–Trinajstić information content (AvgIpc) is 2.87. The Labute approximate surface area is 86.7 Å². The number of benzene rings is 1. The molecule has 0 bridgehead atoms. The highest BCUT2D eigenvalue weighted by molar-refractivity contribution is 7.85. The zero-order valence-electron chi connectivity index (χ0n) is 8.45. The standard InChI is InChI=1S/C11H14O2S/c1-8-3-4-11(9(2)5-8)14(12)7-10-6-13-10/h3-5,10H,6-7H2,1-2H3/t10-,14?/m0/s1. The highest BCUT2D eigenvalue weighted by atomic mass is 32.2. The minimum absolute atomic E-state index is 0.233. The monoisotopic (exact) mass is 210 g/mol. The lowest BCUT2D eigenvalue weighted by Crippen LogP contribution is -2.05. The van der Waals surface area contributed by atoms with Crippen LogP contribution < -0.4 is 0 Å². The number of hydrogen-bond acceptors (Lipinski definition) is 2. The fraction of sp³-hybridized carbons (Fsp3) is 0.455. The van der Waals surface area contributed by atoms with Gasteiger partial charge in [0.25, 0.3) is 0 Å². The van der Waals surface area contributed by atoms with Crippen molar-refractivity contribution in [3.8, 4) is 0 Å². The summed E-state index contributed by atoms with van der Waals surface area (Å²) in [6.45, 7) is 4.83. The van der Waals surface area contributed by atoms with Crippen LogP contribution in [0.1, 0.15) is 11.1 Å². The maximum absolute atomic E-state index is 11.9. The zero-order chi connectivity index (χ0) is 10.1. The summed E-state index contributed by atoms with van der Waals surface area (Å²) < 4.78 is 16.9. The van der Waals surface area contributed by atoms with Gasteiger partial charge in [-0.15, -0.1) is 0 Å². The Bertz CT molecular complexity index is 370. The molecule has 1 aliphatic heterocycles. The molecule has 2 atom stereocenters. The van der Waals surface area contributed by atoms with Crippen molar-refractivity contribution in [2.45, 2.75) is 24.8 Å². The van der Waals surface area contributed by atoms with Crippen LogP contribution in [-0.4, -0.2) is 22.7 Å². The Morgan fingerprint density at radius 1 is 1.50 bits per heavy atom. The van der Waals surface area contributed by atoms with Crippen molar-refractivity contribution in [1.29, 1.82) is 0 Å². The third-order valence-corrected chi connectivity index (χ3v) is 3.94. The molecule has 1 saturated heterocycles. The van der Waals surface area contributed by atoms with Crippen LogP contribution in [0.5, 0.6) is 0 Å². The maximum Gasteiger partial charge on any atom is 0.0928 e. The molecule has 0 radical (unpaired) electrons. The quantitative estimate of drug-likeness (QED) is 0.712. The Balaban J connectivity index is 2.17. The first kappa shape index (κ1) is 9.87. The lowest BCUT2D eigenvalue weighted by Gasteiger charge is -2.05. The first-order valence-electron chi connectivity index (χ1n) is 4.74. The molecule has 1 heterocycles. The molecule has 1 aromatic rings. The molecule has 0 N–H and O–H groups in total. The van der Waals surface area contributed by atoms with Gasteiger partial charge in [0, 0.05) is 4.90 Å². The first-order valence-corrected chi connectivity index (χ1v) is 6.06. The normalized spacial score (nSPS) is 22.0. The highest BCUT2D eigenvalue weighted by Gasteiger charge is 2.25. The van der Waals surface area contributed by atoms with E-state index in [-0.39, 0.29) is 6.10 Å². The van der Waals surface area contributed by atoms with Gasteiger partial charge in [-0.2, -0.15) is 0 Å². The first-order chi connectivity index (χ1) is 6.66. The van der Waals surface area contributed by atoms with Crippen molar-refractivity contribution in [3.05, 3.63) is 29.3 Å². The molecule has 0 saturated carbocycles. The predicted octanol–water partition coefficient (Wildman–Crippen LogP) is 1.81. The van der Waals surface area contributed by atoms with Gasteiger partial charge in [-0.05, 0) is 25.5 Å². The zero-order valence-corrected chi connectivity index (χ0v) is 9.26. The topological polar surface area (TPSA) is 29.6 Å². The van der Waals surface area contributed by atoms with E-state index in [2.05, 4.69) is 6.07 Å². The van der Waals surface area contributed by atoms with Crippen molar-refractivity contribution >= 4 is 10.8 Å². The smallest absolute Gasteiger partial charge is 0.0928 e. The van der Waals surface area contributed by atoms with Gasteiger partial charge in [-0.3, -0.25) is 4.21 Å². The molecule has 14 heavy (non-hydrogen) atoms. The van der Waals surface area contributed by atoms with Gasteiger partial charge in [0.15, 0.2) is 0 Å². The second-order valence-corrected chi connectivity index (χ2v) is 5.20. The van der Waals surface area contributed by atoms with E-state index in [4.69, 9.17) is 4.74 Å². The number of aryl methyl sites for hydroxylation is 2. The molecule has 1 unspecified atom stereocenters.